The van der Waals surface area contributed by atoms with Crippen LogP contribution < -0.4 is 5.73 Å². The fourth-order valence-corrected chi connectivity index (χ4v) is 2.95. The summed E-state index contributed by atoms with van der Waals surface area (Å²) in [6, 6.07) is 10.2. The highest BCUT2D eigenvalue weighted by atomic mass is 15.3. The van der Waals surface area contributed by atoms with Gasteiger partial charge < -0.3 is 10.6 Å². The number of rotatable bonds is 4. The molecule has 2 N–H and O–H groups in total. The summed E-state index contributed by atoms with van der Waals surface area (Å²) in [7, 11) is 0. The van der Waals surface area contributed by atoms with Gasteiger partial charge in [0.25, 0.3) is 0 Å². The molecule has 1 aromatic carbocycles. The van der Waals surface area contributed by atoms with Crippen molar-refractivity contribution in [1.29, 1.82) is 0 Å². The van der Waals surface area contributed by atoms with Gasteiger partial charge in [-0.1, -0.05) is 42.5 Å². The second-order valence-corrected chi connectivity index (χ2v) is 6.29. The van der Waals surface area contributed by atoms with Crippen LogP contribution in [0, 0.1) is 6.92 Å². The van der Waals surface area contributed by atoms with Crippen molar-refractivity contribution in [3.63, 3.8) is 0 Å². The van der Waals surface area contributed by atoms with E-state index < -0.39 is 0 Å². The molecule has 134 valence electrons. The number of aromatic nitrogens is 4. The highest BCUT2D eigenvalue weighted by Gasteiger charge is 2.15. The van der Waals surface area contributed by atoms with E-state index >= 15 is 0 Å². The Labute approximate surface area is 158 Å². The molecule has 6 nitrogen and oxygen atoms in total. The Hall–Kier alpha value is -3.67. The first-order valence-corrected chi connectivity index (χ1v) is 8.71. The second kappa shape index (κ2) is 7.29. The number of benzene rings is 1. The van der Waals surface area contributed by atoms with Crippen molar-refractivity contribution in [2.24, 2.45) is 0 Å². The summed E-state index contributed by atoms with van der Waals surface area (Å²) >= 11 is 0. The van der Waals surface area contributed by atoms with Crippen molar-refractivity contribution in [3.05, 3.63) is 90.6 Å². The van der Waals surface area contributed by atoms with E-state index in [9.17, 15) is 0 Å². The van der Waals surface area contributed by atoms with Gasteiger partial charge in [-0.15, -0.1) is 0 Å². The van der Waals surface area contributed by atoms with Gasteiger partial charge in [0.05, 0.1) is 12.2 Å². The van der Waals surface area contributed by atoms with Gasteiger partial charge in [0.1, 0.15) is 0 Å². The Morgan fingerprint density at radius 1 is 1.00 bits per heavy atom. The quantitative estimate of drug-likeness (QED) is 0.773. The molecule has 0 radical (unpaired) electrons. The van der Waals surface area contributed by atoms with Crippen LogP contribution in [0.2, 0.25) is 0 Å². The Bertz CT molecular complexity index is 1010. The smallest absolute Gasteiger partial charge is 0.222 e. The number of anilines is 1. The van der Waals surface area contributed by atoms with Gasteiger partial charge in [-0.25, -0.2) is 9.67 Å². The molecular weight excluding hydrogens is 336 g/mol. The molecule has 0 saturated heterocycles. The van der Waals surface area contributed by atoms with Crippen LogP contribution in [0.25, 0.3) is 17.1 Å². The zero-order valence-corrected chi connectivity index (χ0v) is 15.0. The fourth-order valence-electron chi connectivity index (χ4n) is 2.95. The first-order chi connectivity index (χ1) is 13.2. The van der Waals surface area contributed by atoms with Crippen LogP contribution in [0.1, 0.15) is 11.1 Å². The summed E-state index contributed by atoms with van der Waals surface area (Å²) in [5.41, 5.74) is 9.78. The van der Waals surface area contributed by atoms with Crippen molar-refractivity contribution < 1.29 is 0 Å². The summed E-state index contributed by atoms with van der Waals surface area (Å²) < 4.78 is 1.79. The number of nitrogen functional groups attached to an aromatic ring is 1. The van der Waals surface area contributed by atoms with E-state index in [2.05, 4.69) is 27.0 Å². The Kier molecular flexibility index (Phi) is 4.53. The number of aryl methyl sites for hydroxylation is 1. The molecule has 0 bridgehead atoms. The van der Waals surface area contributed by atoms with Gasteiger partial charge in [0.2, 0.25) is 5.95 Å². The molecule has 3 aromatic rings. The number of nitrogens with zero attached hydrogens (tertiary/aromatic N) is 5. The Morgan fingerprint density at radius 3 is 2.48 bits per heavy atom. The maximum atomic E-state index is 5.79. The van der Waals surface area contributed by atoms with Crippen LogP contribution in [0.4, 0.5) is 5.95 Å². The van der Waals surface area contributed by atoms with Gasteiger partial charge in [-0.05, 0) is 19.1 Å². The Morgan fingerprint density at radius 2 is 1.74 bits per heavy atom. The van der Waals surface area contributed by atoms with Crippen LogP contribution in [0.15, 0.2) is 79.4 Å². The summed E-state index contributed by atoms with van der Waals surface area (Å²) in [4.78, 5) is 10.5. The predicted octanol–water partition coefficient (Wildman–Crippen LogP) is 3.62. The molecule has 2 aromatic heterocycles. The van der Waals surface area contributed by atoms with Crippen LogP contribution >= 0.6 is 0 Å². The van der Waals surface area contributed by atoms with Crippen molar-refractivity contribution in [2.75, 3.05) is 5.73 Å². The Balaban J connectivity index is 1.79. The van der Waals surface area contributed by atoms with E-state index in [0.29, 0.717) is 12.4 Å². The maximum Gasteiger partial charge on any atom is 0.222 e. The number of allylic oxidation sites excluding steroid dienone is 4. The molecule has 0 aliphatic carbocycles. The summed E-state index contributed by atoms with van der Waals surface area (Å²) in [6.45, 7) is 2.64. The summed E-state index contributed by atoms with van der Waals surface area (Å²) in [5, 5.41) is 4.82. The molecule has 0 fully saturated rings. The van der Waals surface area contributed by atoms with E-state index in [1.807, 2.05) is 68.0 Å². The van der Waals surface area contributed by atoms with Crippen molar-refractivity contribution in [3.8, 4) is 17.1 Å². The van der Waals surface area contributed by atoms with E-state index in [-0.39, 0.29) is 5.95 Å². The topological polar surface area (TPSA) is 72.9 Å². The zero-order valence-electron chi connectivity index (χ0n) is 15.0. The van der Waals surface area contributed by atoms with Crippen molar-refractivity contribution >= 4 is 5.95 Å². The molecule has 3 heterocycles. The largest absolute Gasteiger partial charge is 0.368 e. The first kappa shape index (κ1) is 16.8. The van der Waals surface area contributed by atoms with E-state index in [1.165, 1.54) is 0 Å². The third-order valence-electron chi connectivity index (χ3n) is 4.26. The maximum absolute atomic E-state index is 5.79. The van der Waals surface area contributed by atoms with Crippen LogP contribution in [-0.4, -0.2) is 24.6 Å². The minimum atomic E-state index is 0.235. The molecule has 0 amide bonds. The SMILES string of the molecule is Cc1cnc(N)nc1-n1cc(CN2C=CC=CC=C2)c(-c2ccccc2)n1. The first-order valence-electron chi connectivity index (χ1n) is 8.71. The molecule has 0 saturated carbocycles. The lowest BCUT2D eigenvalue weighted by Crippen LogP contribution is -2.08. The lowest BCUT2D eigenvalue weighted by atomic mass is 10.1. The lowest BCUT2D eigenvalue weighted by molar-refractivity contribution is 0.503. The van der Waals surface area contributed by atoms with Gasteiger partial charge in [-0.3, -0.25) is 0 Å². The van der Waals surface area contributed by atoms with Crippen LogP contribution in [-0.2, 0) is 6.54 Å². The highest BCUT2D eigenvalue weighted by Crippen LogP contribution is 2.25. The van der Waals surface area contributed by atoms with Gasteiger partial charge in [0.15, 0.2) is 5.82 Å². The van der Waals surface area contributed by atoms with Crippen molar-refractivity contribution in [1.82, 2.24) is 24.6 Å². The summed E-state index contributed by atoms with van der Waals surface area (Å²) in [5.74, 6) is 0.924. The third kappa shape index (κ3) is 3.64. The zero-order chi connectivity index (χ0) is 18.6. The van der Waals surface area contributed by atoms with Gasteiger partial charge in [-0.2, -0.15) is 10.1 Å². The third-order valence-corrected chi connectivity index (χ3v) is 4.26. The number of hydrogen-bond donors (Lipinski definition) is 1. The van der Waals surface area contributed by atoms with E-state index in [4.69, 9.17) is 10.8 Å². The van der Waals surface area contributed by atoms with Crippen molar-refractivity contribution in [2.45, 2.75) is 13.5 Å². The monoisotopic (exact) mass is 356 g/mol. The molecular formula is C21H20N6. The average molecular weight is 356 g/mol. The molecule has 6 heteroatoms. The molecule has 1 aliphatic rings. The second-order valence-electron chi connectivity index (χ2n) is 6.29. The fraction of sp³-hybridized carbons (Fsp3) is 0.0952. The molecule has 4 rings (SSSR count). The average Bonchev–Trinajstić information content (AvgIpc) is 2.92. The number of nitrogens with two attached hydrogens (primary N) is 1. The lowest BCUT2D eigenvalue weighted by Gasteiger charge is -2.14. The molecule has 0 atom stereocenters. The standard InChI is InChI=1S/C21H20N6/c1-16-13-23-21(22)24-20(16)27-15-18(14-26-11-7-2-3-8-12-26)19(25-27)17-9-5-4-6-10-17/h2-13,15H,14H2,1H3,(H2,22,23,24). The van der Waals surface area contributed by atoms with Gasteiger partial charge in [0, 0.05) is 41.5 Å². The minimum Gasteiger partial charge on any atom is -0.368 e. The van der Waals surface area contributed by atoms with Crippen LogP contribution in [0.5, 0.6) is 0 Å². The molecule has 0 unspecified atom stereocenters. The molecule has 27 heavy (non-hydrogen) atoms. The van der Waals surface area contributed by atoms with E-state index in [1.54, 1.807) is 10.9 Å². The van der Waals surface area contributed by atoms with Gasteiger partial charge >= 0.3 is 0 Å². The minimum absolute atomic E-state index is 0.235. The van der Waals surface area contributed by atoms with E-state index in [0.717, 1.165) is 22.4 Å². The van der Waals surface area contributed by atoms with Crippen LogP contribution in [0.3, 0.4) is 0 Å². The number of hydrogen-bond acceptors (Lipinski definition) is 5. The predicted molar refractivity (Wildman–Crippen MR) is 107 cm³/mol. The highest BCUT2D eigenvalue weighted by molar-refractivity contribution is 5.63. The summed E-state index contributed by atoms with van der Waals surface area (Å²) in [6.07, 6.45) is 15.9. The molecule has 0 spiro atoms. The normalized spacial score (nSPS) is 13.1. The molecule has 1 aliphatic heterocycles.